The number of thioether (sulfide) groups is 1. The Labute approximate surface area is 162 Å². The molecule has 2 aromatic carbocycles. The summed E-state index contributed by atoms with van der Waals surface area (Å²) in [5, 5.41) is 1.36. The van der Waals surface area contributed by atoms with Crippen molar-refractivity contribution in [3.63, 3.8) is 0 Å². The van der Waals surface area contributed by atoms with Crippen LogP contribution in [0.3, 0.4) is 0 Å². The first-order valence-electron chi connectivity index (χ1n) is 8.86. The second kappa shape index (κ2) is 8.39. The number of carbonyl (C=O) groups is 1. The first-order chi connectivity index (χ1) is 13.0. The molecular formula is C21H22N2O3S. The molecule has 0 saturated heterocycles. The molecule has 0 amide bonds. The third kappa shape index (κ3) is 4.06. The SMILES string of the molecule is CCC(C)n1c(SCc2ccc(C(=O)OC)cc2)nc2ccccc2c1=O. The van der Waals surface area contributed by atoms with Gasteiger partial charge >= 0.3 is 5.97 Å². The van der Waals surface area contributed by atoms with Gasteiger partial charge in [-0.25, -0.2) is 9.78 Å². The number of para-hydroxylation sites is 1. The number of rotatable bonds is 6. The zero-order valence-electron chi connectivity index (χ0n) is 15.6. The van der Waals surface area contributed by atoms with Crippen molar-refractivity contribution in [2.45, 2.75) is 37.2 Å². The highest BCUT2D eigenvalue weighted by atomic mass is 32.2. The summed E-state index contributed by atoms with van der Waals surface area (Å²) in [5.41, 5.74) is 2.28. The monoisotopic (exact) mass is 382 g/mol. The van der Waals surface area contributed by atoms with Gasteiger partial charge in [-0.05, 0) is 43.2 Å². The lowest BCUT2D eigenvalue weighted by Gasteiger charge is -2.18. The number of hydrogen-bond acceptors (Lipinski definition) is 5. The fourth-order valence-corrected chi connectivity index (χ4v) is 3.85. The second-order valence-corrected chi connectivity index (χ2v) is 7.26. The first kappa shape index (κ1) is 19.2. The van der Waals surface area contributed by atoms with Crippen molar-refractivity contribution >= 4 is 28.6 Å². The van der Waals surface area contributed by atoms with E-state index in [1.54, 1.807) is 16.7 Å². The van der Waals surface area contributed by atoms with Crippen LogP contribution in [0.15, 0.2) is 58.5 Å². The van der Waals surface area contributed by atoms with E-state index in [0.717, 1.165) is 12.0 Å². The van der Waals surface area contributed by atoms with Gasteiger partial charge in [-0.3, -0.25) is 9.36 Å². The van der Waals surface area contributed by atoms with Crippen molar-refractivity contribution in [2.24, 2.45) is 0 Å². The smallest absolute Gasteiger partial charge is 0.337 e. The number of carbonyl (C=O) groups excluding carboxylic acids is 1. The van der Waals surface area contributed by atoms with Gasteiger partial charge in [-0.15, -0.1) is 0 Å². The molecule has 1 aromatic heterocycles. The summed E-state index contributed by atoms with van der Waals surface area (Å²) in [6.07, 6.45) is 0.849. The van der Waals surface area contributed by atoms with Gasteiger partial charge in [0.15, 0.2) is 5.16 Å². The quantitative estimate of drug-likeness (QED) is 0.358. The van der Waals surface area contributed by atoms with Crippen molar-refractivity contribution in [2.75, 3.05) is 7.11 Å². The lowest BCUT2D eigenvalue weighted by molar-refractivity contribution is 0.0600. The van der Waals surface area contributed by atoms with E-state index in [1.807, 2.05) is 43.3 Å². The Bertz CT molecular complexity index is 1010. The van der Waals surface area contributed by atoms with E-state index in [4.69, 9.17) is 9.72 Å². The molecule has 6 heteroatoms. The number of ether oxygens (including phenoxy) is 1. The van der Waals surface area contributed by atoms with Crippen LogP contribution in [0.1, 0.15) is 42.2 Å². The standard InChI is InChI=1S/C21H22N2O3S/c1-4-14(2)23-19(24)17-7-5-6-8-18(17)22-21(23)27-13-15-9-11-16(12-10-15)20(25)26-3/h5-12,14H,4,13H2,1-3H3. The van der Waals surface area contributed by atoms with Gasteiger partial charge in [-0.1, -0.05) is 43.0 Å². The fraction of sp³-hybridized carbons (Fsp3) is 0.286. The molecule has 5 nitrogen and oxygen atoms in total. The topological polar surface area (TPSA) is 61.2 Å². The molecule has 0 fully saturated rings. The van der Waals surface area contributed by atoms with Crippen molar-refractivity contribution in [3.8, 4) is 0 Å². The van der Waals surface area contributed by atoms with E-state index in [0.29, 0.717) is 27.4 Å². The Balaban J connectivity index is 1.92. The van der Waals surface area contributed by atoms with Crippen LogP contribution in [0.25, 0.3) is 10.9 Å². The normalized spacial score (nSPS) is 12.1. The summed E-state index contributed by atoms with van der Waals surface area (Å²) in [5.74, 6) is 0.305. The first-order valence-corrected chi connectivity index (χ1v) is 9.85. The minimum atomic E-state index is -0.351. The highest BCUT2D eigenvalue weighted by molar-refractivity contribution is 7.98. The maximum atomic E-state index is 13.0. The summed E-state index contributed by atoms with van der Waals surface area (Å²) >= 11 is 1.53. The molecule has 0 spiro atoms. The Morgan fingerprint density at radius 3 is 2.56 bits per heavy atom. The van der Waals surface area contributed by atoms with Gasteiger partial charge in [0.25, 0.3) is 5.56 Å². The molecule has 0 bridgehead atoms. The fourth-order valence-electron chi connectivity index (χ4n) is 2.80. The van der Waals surface area contributed by atoms with E-state index < -0.39 is 0 Å². The summed E-state index contributed by atoms with van der Waals surface area (Å²) < 4.78 is 6.51. The Morgan fingerprint density at radius 2 is 1.89 bits per heavy atom. The summed E-state index contributed by atoms with van der Waals surface area (Å²) in [4.78, 5) is 29.2. The Hall–Kier alpha value is -2.60. The zero-order valence-corrected chi connectivity index (χ0v) is 16.5. The van der Waals surface area contributed by atoms with E-state index in [-0.39, 0.29) is 17.6 Å². The van der Waals surface area contributed by atoms with Crippen molar-refractivity contribution in [1.29, 1.82) is 0 Å². The number of methoxy groups -OCH3 is 1. The molecule has 0 aliphatic carbocycles. The average Bonchev–Trinajstić information content (AvgIpc) is 2.71. The van der Waals surface area contributed by atoms with E-state index in [1.165, 1.54) is 18.9 Å². The molecule has 27 heavy (non-hydrogen) atoms. The highest BCUT2D eigenvalue weighted by Crippen LogP contribution is 2.25. The maximum absolute atomic E-state index is 13.0. The Morgan fingerprint density at radius 1 is 1.19 bits per heavy atom. The van der Waals surface area contributed by atoms with E-state index in [9.17, 15) is 9.59 Å². The van der Waals surface area contributed by atoms with Crippen LogP contribution in [0, 0.1) is 0 Å². The van der Waals surface area contributed by atoms with Gasteiger partial charge < -0.3 is 4.74 Å². The van der Waals surface area contributed by atoms with Crippen LogP contribution in [0.5, 0.6) is 0 Å². The summed E-state index contributed by atoms with van der Waals surface area (Å²) in [6, 6.07) is 14.8. The van der Waals surface area contributed by atoms with Crippen molar-refractivity contribution in [1.82, 2.24) is 9.55 Å². The molecule has 1 unspecified atom stereocenters. The predicted octanol–water partition coefficient (Wildman–Crippen LogP) is 4.45. The minimum Gasteiger partial charge on any atom is -0.465 e. The molecular weight excluding hydrogens is 360 g/mol. The molecule has 0 radical (unpaired) electrons. The molecule has 1 atom stereocenters. The van der Waals surface area contributed by atoms with Gasteiger partial charge in [0.05, 0.1) is 23.6 Å². The van der Waals surface area contributed by atoms with Crippen molar-refractivity contribution < 1.29 is 9.53 Å². The molecule has 3 rings (SSSR count). The van der Waals surface area contributed by atoms with Crippen molar-refractivity contribution in [3.05, 3.63) is 70.0 Å². The maximum Gasteiger partial charge on any atom is 0.337 e. The molecule has 3 aromatic rings. The van der Waals surface area contributed by atoms with Gasteiger partial charge in [0, 0.05) is 11.8 Å². The molecule has 0 aliphatic rings. The number of esters is 1. The predicted molar refractivity (Wildman–Crippen MR) is 108 cm³/mol. The third-order valence-electron chi connectivity index (χ3n) is 4.55. The largest absolute Gasteiger partial charge is 0.465 e. The third-order valence-corrected chi connectivity index (χ3v) is 5.57. The number of fused-ring (bicyclic) bond motifs is 1. The molecule has 0 saturated carbocycles. The average molecular weight is 382 g/mol. The lowest BCUT2D eigenvalue weighted by atomic mass is 10.1. The summed E-state index contributed by atoms with van der Waals surface area (Å²) in [7, 11) is 1.37. The second-order valence-electron chi connectivity index (χ2n) is 6.32. The summed E-state index contributed by atoms with van der Waals surface area (Å²) in [6.45, 7) is 4.10. The number of hydrogen-bond donors (Lipinski definition) is 0. The molecule has 140 valence electrons. The highest BCUT2D eigenvalue weighted by Gasteiger charge is 2.15. The van der Waals surface area contributed by atoms with Crippen LogP contribution in [0.4, 0.5) is 0 Å². The van der Waals surface area contributed by atoms with Gasteiger partial charge in [0.1, 0.15) is 0 Å². The van der Waals surface area contributed by atoms with Gasteiger partial charge in [0.2, 0.25) is 0 Å². The number of benzene rings is 2. The van der Waals surface area contributed by atoms with E-state index >= 15 is 0 Å². The van der Waals surface area contributed by atoms with Crippen LogP contribution in [0.2, 0.25) is 0 Å². The minimum absolute atomic E-state index is 0.00140. The number of aromatic nitrogens is 2. The Kier molecular flexibility index (Phi) is 5.96. The van der Waals surface area contributed by atoms with Gasteiger partial charge in [-0.2, -0.15) is 0 Å². The molecule has 0 N–H and O–H groups in total. The van der Waals surface area contributed by atoms with Crippen LogP contribution >= 0.6 is 11.8 Å². The van der Waals surface area contributed by atoms with Crippen LogP contribution < -0.4 is 5.56 Å². The van der Waals surface area contributed by atoms with Crippen LogP contribution in [-0.4, -0.2) is 22.6 Å². The lowest BCUT2D eigenvalue weighted by Crippen LogP contribution is -2.26. The molecule has 0 aliphatic heterocycles. The van der Waals surface area contributed by atoms with Crippen LogP contribution in [-0.2, 0) is 10.5 Å². The zero-order chi connectivity index (χ0) is 19.4. The number of nitrogens with zero attached hydrogens (tertiary/aromatic N) is 2. The van der Waals surface area contributed by atoms with E-state index in [2.05, 4.69) is 6.92 Å². The molecule has 1 heterocycles.